The third-order valence-corrected chi connectivity index (χ3v) is 9.60. The highest BCUT2D eigenvalue weighted by Crippen LogP contribution is 2.43. The third kappa shape index (κ3) is 4.21. The maximum atomic E-state index is 14.6. The monoisotopic (exact) mass is 401 g/mol. The number of halogens is 4. The van der Waals surface area contributed by atoms with Crippen LogP contribution in [0.15, 0.2) is 24.5 Å². The Balaban J connectivity index is 2.72. The van der Waals surface area contributed by atoms with Gasteiger partial charge < -0.3 is 4.43 Å². The summed E-state index contributed by atoms with van der Waals surface area (Å²) in [5.41, 5.74) is -0.298. The minimum absolute atomic E-state index is 0.0705. The van der Waals surface area contributed by atoms with Crippen molar-refractivity contribution in [1.29, 1.82) is 0 Å². The van der Waals surface area contributed by atoms with Gasteiger partial charge in [-0.25, -0.2) is 17.6 Å². The number of carbonyl (C=O) groups is 1. The SMILES string of the molecule is CC(C)(C)[Si](C)(C)OC(c1cc(F)c(C=O)c2ccncc12)C(F)C(F)F. The van der Waals surface area contributed by atoms with Gasteiger partial charge in [-0.2, -0.15) is 0 Å². The molecule has 0 aliphatic carbocycles. The number of nitrogens with zero attached hydrogens (tertiary/aromatic N) is 1. The van der Waals surface area contributed by atoms with E-state index in [9.17, 15) is 22.4 Å². The topological polar surface area (TPSA) is 39.2 Å². The maximum absolute atomic E-state index is 14.6. The van der Waals surface area contributed by atoms with E-state index in [-0.39, 0.29) is 26.9 Å². The summed E-state index contributed by atoms with van der Waals surface area (Å²) in [6.07, 6.45) is -4.64. The predicted molar refractivity (Wildman–Crippen MR) is 99.0 cm³/mol. The normalized spacial score (nSPS) is 15.2. The van der Waals surface area contributed by atoms with Crippen molar-refractivity contribution in [1.82, 2.24) is 4.98 Å². The summed E-state index contributed by atoms with van der Waals surface area (Å²) < 4.78 is 61.5. The van der Waals surface area contributed by atoms with E-state index in [1.807, 2.05) is 20.8 Å². The highest BCUT2D eigenvalue weighted by Gasteiger charge is 2.44. The molecule has 0 aliphatic rings. The molecule has 0 amide bonds. The van der Waals surface area contributed by atoms with E-state index in [0.717, 1.165) is 6.07 Å². The molecule has 3 nitrogen and oxygen atoms in total. The van der Waals surface area contributed by atoms with Crippen LogP contribution >= 0.6 is 0 Å². The molecular formula is C19H23F4NO2Si. The summed E-state index contributed by atoms with van der Waals surface area (Å²) in [7, 11) is -2.67. The average molecular weight is 401 g/mol. The fourth-order valence-electron chi connectivity index (χ4n) is 2.56. The first-order chi connectivity index (χ1) is 12.4. The van der Waals surface area contributed by atoms with Crippen molar-refractivity contribution in [2.75, 3.05) is 0 Å². The minimum atomic E-state index is -3.31. The third-order valence-electron chi connectivity index (χ3n) is 5.14. The zero-order valence-electron chi connectivity index (χ0n) is 15.9. The van der Waals surface area contributed by atoms with Crippen LogP contribution in [0.4, 0.5) is 17.6 Å². The maximum Gasteiger partial charge on any atom is 0.272 e. The molecule has 2 unspecified atom stereocenters. The Labute approximate surface area is 156 Å². The quantitative estimate of drug-likeness (QED) is 0.346. The molecule has 0 bridgehead atoms. The summed E-state index contributed by atoms with van der Waals surface area (Å²) >= 11 is 0. The summed E-state index contributed by atoms with van der Waals surface area (Å²) in [6, 6.07) is 2.30. The second-order valence-corrected chi connectivity index (χ2v) is 12.7. The lowest BCUT2D eigenvalue weighted by atomic mass is 9.96. The zero-order valence-corrected chi connectivity index (χ0v) is 16.9. The van der Waals surface area contributed by atoms with Gasteiger partial charge in [-0.1, -0.05) is 20.8 Å². The molecule has 0 saturated carbocycles. The van der Waals surface area contributed by atoms with Gasteiger partial charge in [0, 0.05) is 17.8 Å². The van der Waals surface area contributed by atoms with E-state index in [2.05, 4.69) is 4.98 Å². The van der Waals surface area contributed by atoms with Gasteiger partial charge in [-0.15, -0.1) is 0 Å². The Morgan fingerprint density at radius 2 is 1.81 bits per heavy atom. The first kappa shape index (κ1) is 21.5. The molecule has 0 aliphatic heterocycles. The fourth-order valence-corrected chi connectivity index (χ4v) is 3.81. The minimum Gasteiger partial charge on any atom is -0.407 e. The highest BCUT2D eigenvalue weighted by atomic mass is 28.4. The molecule has 27 heavy (non-hydrogen) atoms. The Hall–Kier alpha value is -1.80. The van der Waals surface area contributed by atoms with Crippen molar-refractivity contribution in [3.05, 3.63) is 41.5 Å². The Morgan fingerprint density at radius 1 is 1.19 bits per heavy atom. The molecule has 0 spiro atoms. The number of benzene rings is 1. The van der Waals surface area contributed by atoms with Crippen LogP contribution in [0.25, 0.3) is 10.8 Å². The smallest absolute Gasteiger partial charge is 0.272 e. The highest BCUT2D eigenvalue weighted by molar-refractivity contribution is 6.74. The summed E-state index contributed by atoms with van der Waals surface area (Å²) in [6.45, 7) is 9.27. The van der Waals surface area contributed by atoms with Crippen LogP contribution in [0.1, 0.15) is 42.8 Å². The molecule has 2 aromatic rings. The van der Waals surface area contributed by atoms with Crippen molar-refractivity contribution in [2.45, 2.75) is 57.6 Å². The number of aromatic nitrogens is 1. The molecule has 1 aromatic carbocycles. The van der Waals surface area contributed by atoms with Gasteiger partial charge in [0.1, 0.15) is 11.9 Å². The van der Waals surface area contributed by atoms with Crippen LogP contribution in [0.5, 0.6) is 0 Å². The van der Waals surface area contributed by atoms with Gasteiger partial charge in [0.2, 0.25) is 0 Å². The number of hydrogen-bond acceptors (Lipinski definition) is 3. The van der Waals surface area contributed by atoms with Crippen LogP contribution in [-0.2, 0) is 4.43 Å². The Morgan fingerprint density at radius 3 is 2.33 bits per heavy atom. The summed E-state index contributed by atoms with van der Waals surface area (Å²) in [5.74, 6) is -0.913. The molecule has 1 heterocycles. The number of rotatable bonds is 6. The van der Waals surface area contributed by atoms with E-state index in [1.165, 1.54) is 18.5 Å². The number of carbonyl (C=O) groups excluding carboxylic acids is 1. The molecule has 8 heteroatoms. The standard InChI is InChI=1S/C19H23F4NO2Si/c1-19(2,3)27(4,5)26-17(16(21)18(22)23)12-8-15(20)14(10-25)11-6-7-24-9-13(11)12/h6-10,16-18H,1-5H3. The lowest BCUT2D eigenvalue weighted by Crippen LogP contribution is -2.44. The second-order valence-electron chi connectivity index (χ2n) is 7.98. The molecule has 0 radical (unpaired) electrons. The fraction of sp³-hybridized carbons (Fsp3) is 0.474. The van der Waals surface area contributed by atoms with Crippen LogP contribution in [-0.4, -0.2) is 32.2 Å². The number of aldehydes is 1. The molecular weight excluding hydrogens is 378 g/mol. The average Bonchev–Trinajstić information content (AvgIpc) is 2.57. The van der Waals surface area contributed by atoms with Gasteiger partial charge >= 0.3 is 0 Å². The summed E-state index contributed by atoms with van der Waals surface area (Å²) in [5, 5.41) is 0.0240. The van der Waals surface area contributed by atoms with E-state index >= 15 is 0 Å². The van der Waals surface area contributed by atoms with Gasteiger partial charge in [-0.3, -0.25) is 9.78 Å². The van der Waals surface area contributed by atoms with Crippen molar-refractivity contribution < 1.29 is 26.8 Å². The second kappa shape index (κ2) is 7.67. The van der Waals surface area contributed by atoms with Crippen LogP contribution in [0.3, 0.4) is 0 Å². The van der Waals surface area contributed by atoms with Crippen LogP contribution in [0.2, 0.25) is 18.1 Å². The van der Waals surface area contributed by atoms with Crippen molar-refractivity contribution >= 4 is 25.4 Å². The molecule has 0 fully saturated rings. The van der Waals surface area contributed by atoms with E-state index in [1.54, 1.807) is 13.1 Å². The van der Waals surface area contributed by atoms with Crippen molar-refractivity contribution in [2.24, 2.45) is 0 Å². The number of alkyl halides is 3. The molecule has 1 aromatic heterocycles. The van der Waals surface area contributed by atoms with Crippen molar-refractivity contribution in [3.8, 4) is 0 Å². The largest absolute Gasteiger partial charge is 0.407 e. The molecule has 2 atom stereocenters. The first-order valence-corrected chi connectivity index (χ1v) is 11.4. The lowest BCUT2D eigenvalue weighted by Gasteiger charge is -2.40. The van der Waals surface area contributed by atoms with E-state index in [0.29, 0.717) is 6.29 Å². The number of fused-ring (bicyclic) bond motifs is 1. The van der Waals surface area contributed by atoms with Crippen LogP contribution < -0.4 is 0 Å². The predicted octanol–water partition coefficient (Wildman–Crippen LogP) is 5.85. The molecule has 2 rings (SSSR count). The summed E-state index contributed by atoms with van der Waals surface area (Å²) in [4.78, 5) is 15.2. The number of pyridine rings is 1. The van der Waals surface area contributed by atoms with Gasteiger partial charge in [0.05, 0.1) is 5.56 Å². The van der Waals surface area contributed by atoms with E-state index in [4.69, 9.17) is 4.43 Å². The molecule has 0 N–H and O–H groups in total. The Bertz CT molecular complexity index is 836. The van der Waals surface area contributed by atoms with Crippen LogP contribution in [0, 0.1) is 5.82 Å². The van der Waals surface area contributed by atoms with E-state index < -0.39 is 32.8 Å². The van der Waals surface area contributed by atoms with Gasteiger partial charge in [0.15, 0.2) is 20.8 Å². The molecule has 148 valence electrons. The van der Waals surface area contributed by atoms with Gasteiger partial charge in [0.25, 0.3) is 6.43 Å². The lowest BCUT2D eigenvalue weighted by molar-refractivity contribution is -0.0241. The zero-order chi connectivity index (χ0) is 20.6. The Kier molecular flexibility index (Phi) is 6.11. The molecule has 0 saturated heterocycles. The van der Waals surface area contributed by atoms with Crippen molar-refractivity contribution in [3.63, 3.8) is 0 Å². The first-order valence-electron chi connectivity index (χ1n) is 8.52. The number of hydrogen-bond donors (Lipinski definition) is 0. The van der Waals surface area contributed by atoms with Gasteiger partial charge in [-0.05, 0) is 41.2 Å².